The van der Waals surface area contributed by atoms with Crippen molar-refractivity contribution in [2.45, 2.75) is 39.3 Å². The molecule has 4 rings (SSSR count). The normalized spacial score (nSPS) is 16.8. The van der Waals surface area contributed by atoms with Gasteiger partial charge >= 0.3 is 6.03 Å². The molecule has 0 radical (unpaired) electrons. The van der Waals surface area contributed by atoms with Crippen LogP contribution in [-0.2, 0) is 13.1 Å². The van der Waals surface area contributed by atoms with Crippen molar-refractivity contribution < 1.29 is 4.79 Å². The Balaban J connectivity index is 1.42. The number of aromatic nitrogens is 3. The van der Waals surface area contributed by atoms with Crippen LogP contribution in [0.25, 0.3) is 11.2 Å². The van der Waals surface area contributed by atoms with E-state index in [0.29, 0.717) is 13.1 Å². The maximum absolute atomic E-state index is 12.6. The molecule has 2 aromatic heterocycles. The largest absolute Gasteiger partial charge is 0.334 e. The number of hydrogen-bond acceptors (Lipinski definition) is 3. The third-order valence-corrected chi connectivity index (χ3v) is 5.25. The number of nitrogens with one attached hydrogen (secondary N) is 1. The van der Waals surface area contributed by atoms with Gasteiger partial charge in [0.2, 0.25) is 0 Å². The second-order valence-corrected chi connectivity index (χ2v) is 7.14. The second kappa shape index (κ2) is 7.39. The Morgan fingerprint density at radius 3 is 2.85 bits per heavy atom. The van der Waals surface area contributed by atoms with Gasteiger partial charge in [-0.05, 0) is 38.0 Å². The number of aryl methyl sites for hydroxylation is 2. The van der Waals surface area contributed by atoms with Gasteiger partial charge in [0.05, 0.1) is 0 Å². The lowest BCUT2D eigenvalue weighted by molar-refractivity contribution is 0.207. The average Bonchev–Trinajstić information content (AvgIpc) is 3.31. The van der Waals surface area contributed by atoms with Crippen LogP contribution in [0.4, 0.5) is 4.79 Å². The summed E-state index contributed by atoms with van der Waals surface area (Å²) in [6, 6.07) is 12.2. The van der Waals surface area contributed by atoms with Crippen molar-refractivity contribution in [2.24, 2.45) is 0 Å². The van der Waals surface area contributed by atoms with Crippen LogP contribution in [0.3, 0.4) is 0 Å². The minimum Gasteiger partial charge on any atom is -0.334 e. The van der Waals surface area contributed by atoms with Gasteiger partial charge in [-0.1, -0.05) is 29.8 Å². The summed E-state index contributed by atoms with van der Waals surface area (Å²) in [5, 5.41) is 3.03. The molecule has 6 heteroatoms. The third-order valence-electron chi connectivity index (χ3n) is 5.25. The summed E-state index contributed by atoms with van der Waals surface area (Å²) in [4.78, 5) is 23.7. The summed E-state index contributed by atoms with van der Waals surface area (Å²) < 4.78 is 2.17. The molecular formula is C21H25N5O. The lowest BCUT2D eigenvalue weighted by atomic mass is 10.1. The first-order chi connectivity index (χ1) is 13.2. The molecule has 6 nitrogen and oxygen atoms in total. The second-order valence-electron chi connectivity index (χ2n) is 7.14. The Morgan fingerprint density at radius 1 is 1.26 bits per heavy atom. The Morgan fingerprint density at radius 2 is 2.07 bits per heavy atom. The zero-order valence-electron chi connectivity index (χ0n) is 15.9. The first-order valence-corrected chi connectivity index (χ1v) is 9.55. The van der Waals surface area contributed by atoms with E-state index in [9.17, 15) is 4.79 Å². The van der Waals surface area contributed by atoms with Crippen molar-refractivity contribution in [2.75, 3.05) is 13.1 Å². The number of benzene rings is 1. The minimum absolute atomic E-state index is 0.00430. The molecule has 27 heavy (non-hydrogen) atoms. The number of fused-ring (bicyclic) bond motifs is 1. The number of likely N-dealkylation sites (tertiary alicyclic amines) is 1. The predicted molar refractivity (Wildman–Crippen MR) is 106 cm³/mol. The summed E-state index contributed by atoms with van der Waals surface area (Å²) >= 11 is 0. The fourth-order valence-electron chi connectivity index (χ4n) is 3.75. The molecule has 1 N–H and O–H groups in total. The number of carbonyl (C=O) groups excluding carboxylic acids is 1. The summed E-state index contributed by atoms with van der Waals surface area (Å²) in [7, 11) is 0. The molecule has 3 aromatic rings. The SMILES string of the molecule is CCn1c([C@H]2CCN(C(=O)NCc3ccc(C)cc3)C2)nc2cccnc21. The molecule has 1 atom stereocenters. The lowest BCUT2D eigenvalue weighted by Gasteiger charge is -2.18. The predicted octanol–water partition coefficient (Wildman–Crippen LogP) is 3.46. The van der Waals surface area contributed by atoms with Crippen LogP contribution in [0.5, 0.6) is 0 Å². The Bertz CT molecular complexity index is 947. The van der Waals surface area contributed by atoms with Crippen molar-refractivity contribution in [3.63, 3.8) is 0 Å². The number of pyridine rings is 1. The third kappa shape index (κ3) is 3.52. The van der Waals surface area contributed by atoms with E-state index in [4.69, 9.17) is 4.98 Å². The van der Waals surface area contributed by atoms with E-state index >= 15 is 0 Å². The molecule has 1 aliphatic rings. The van der Waals surface area contributed by atoms with Gasteiger partial charge in [0.25, 0.3) is 0 Å². The molecule has 0 bridgehead atoms. The zero-order chi connectivity index (χ0) is 18.8. The fourth-order valence-corrected chi connectivity index (χ4v) is 3.75. The van der Waals surface area contributed by atoms with Crippen LogP contribution in [0.15, 0.2) is 42.6 Å². The van der Waals surface area contributed by atoms with E-state index in [1.807, 2.05) is 17.0 Å². The highest BCUT2D eigenvalue weighted by Gasteiger charge is 2.30. The van der Waals surface area contributed by atoms with Crippen LogP contribution < -0.4 is 5.32 Å². The topological polar surface area (TPSA) is 63.1 Å². The zero-order valence-corrected chi connectivity index (χ0v) is 15.9. The molecule has 140 valence electrons. The number of amides is 2. The first kappa shape index (κ1) is 17.5. The van der Waals surface area contributed by atoms with Gasteiger partial charge in [0, 0.05) is 38.3 Å². The highest BCUT2D eigenvalue weighted by Crippen LogP contribution is 2.29. The van der Waals surface area contributed by atoms with E-state index < -0.39 is 0 Å². The van der Waals surface area contributed by atoms with E-state index in [-0.39, 0.29) is 11.9 Å². The van der Waals surface area contributed by atoms with Crippen LogP contribution in [0, 0.1) is 6.92 Å². The molecule has 3 heterocycles. The molecule has 2 amide bonds. The molecule has 0 aliphatic carbocycles. The molecule has 1 aromatic carbocycles. The van der Waals surface area contributed by atoms with Crippen LogP contribution in [0.1, 0.15) is 36.2 Å². The monoisotopic (exact) mass is 363 g/mol. The van der Waals surface area contributed by atoms with Gasteiger partial charge in [-0.2, -0.15) is 0 Å². The number of rotatable bonds is 4. The van der Waals surface area contributed by atoms with Crippen molar-refractivity contribution >= 4 is 17.2 Å². The smallest absolute Gasteiger partial charge is 0.317 e. The van der Waals surface area contributed by atoms with Crippen molar-refractivity contribution in [1.82, 2.24) is 24.8 Å². The minimum atomic E-state index is -0.00430. The Kier molecular flexibility index (Phi) is 4.79. The molecule has 0 spiro atoms. The highest BCUT2D eigenvalue weighted by atomic mass is 16.2. The van der Waals surface area contributed by atoms with Crippen LogP contribution in [0.2, 0.25) is 0 Å². The van der Waals surface area contributed by atoms with E-state index in [0.717, 1.165) is 42.1 Å². The molecule has 1 aliphatic heterocycles. The van der Waals surface area contributed by atoms with Gasteiger partial charge in [0.15, 0.2) is 5.65 Å². The van der Waals surface area contributed by atoms with Crippen molar-refractivity contribution in [1.29, 1.82) is 0 Å². The maximum atomic E-state index is 12.6. The van der Waals surface area contributed by atoms with E-state index in [1.54, 1.807) is 6.20 Å². The number of urea groups is 1. The number of carbonyl (C=O) groups is 1. The first-order valence-electron chi connectivity index (χ1n) is 9.55. The molecule has 0 unspecified atom stereocenters. The quantitative estimate of drug-likeness (QED) is 0.772. The van der Waals surface area contributed by atoms with E-state index in [1.165, 1.54) is 5.56 Å². The Labute approximate surface area is 159 Å². The standard InChI is InChI=1S/C21H25N5O/c1-3-26-19(24-18-5-4-11-22-20(18)26)17-10-12-25(14-17)21(27)23-13-16-8-6-15(2)7-9-16/h4-9,11,17H,3,10,12-14H2,1-2H3,(H,23,27)/t17-/m0/s1. The molecule has 1 saturated heterocycles. The van der Waals surface area contributed by atoms with Crippen molar-refractivity contribution in [3.8, 4) is 0 Å². The Hall–Kier alpha value is -2.89. The number of nitrogens with zero attached hydrogens (tertiary/aromatic N) is 4. The molecule has 1 fully saturated rings. The summed E-state index contributed by atoms with van der Waals surface area (Å²) in [5.74, 6) is 1.30. The fraction of sp³-hybridized carbons (Fsp3) is 0.381. The van der Waals surface area contributed by atoms with E-state index in [2.05, 4.69) is 53.0 Å². The average molecular weight is 363 g/mol. The van der Waals surface area contributed by atoms with Crippen LogP contribution in [-0.4, -0.2) is 38.6 Å². The van der Waals surface area contributed by atoms with Gasteiger partial charge in [-0.3, -0.25) is 0 Å². The van der Waals surface area contributed by atoms with Crippen molar-refractivity contribution in [3.05, 3.63) is 59.5 Å². The lowest BCUT2D eigenvalue weighted by Crippen LogP contribution is -2.38. The highest BCUT2D eigenvalue weighted by molar-refractivity contribution is 5.75. The number of imidazole rings is 1. The van der Waals surface area contributed by atoms with Gasteiger partial charge in [-0.25, -0.2) is 14.8 Å². The summed E-state index contributed by atoms with van der Waals surface area (Å²) in [6.45, 7) is 7.01. The van der Waals surface area contributed by atoms with Gasteiger partial charge < -0.3 is 14.8 Å². The maximum Gasteiger partial charge on any atom is 0.317 e. The molecular weight excluding hydrogens is 338 g/mol. The summed E-state index contributed by atoms with van der Waals surface area (Å²) in [5.41, 5.74) is 4.19. The van der Waals surface area contributed by atoms with Crippen LogP contribution >= 0.6 is 0 Å². The summed E-state index contributed by atoms with van der Waals surface area (Å²) in [6.07, 6.45) is 2.74. The van der Waals surface area contributed by atoms with Gasteiger partial charge in [0.1, 0.15) is 11.3 Å². The van der Waals surface area contributed by atoms with Gasteiger partial charge in [-0.15, -0.1) is 0 Å². The number of hydrogen-bond donors (Lipinski definition) is 1. The molecule has 0 saturated carbocycles.